The Hall–Kier alpha value is -2.25. The van der Waals surface area contributed by atoms with Crippen LogP contribution in [0.2, 0.25) is 0 Å². The minimum absolute atomic E-state index is 0.194. The lowest BCUT2D eigenvalue weighted by molar-refractivity contribution is -0.856. The normalized spacial score (nSPS) is 16.5. The van der Waals surface area contributed by atoms with Crippen LogP contribution in [0.4, 0.5) is 5.82 Å². The molecule has 7 nitrogen and oxygen atoms in total. The molecule has 0 atom stereocenters. The summed E-state index contributed by atoms with van der Waals surface area (Å²) in [6.07, 6.45) is 2.35. The first-order valence-corrected chi connectivity index (χ1v) is 8.66. The summed E-state index contributed by atoms with van der Waals surface area (Å²) >= 11 is 0. The van der Waals surface area contributed by atoms with E-state index in [1.165, 1.54) is 4.90 Å². The third kappa shape index (κ3) is 3.05. The molecule has 132 valence electrons. The molecule has 25 heavy (non-hydrogen) atoms. The van der Waals surface area contributed by atoms with Gasteiger partial charge in [-0.15, -0.1) is 0 Å². The third-order valence-corrected chi connectivity index (χ3v) is 4.54. The van der Waals surface area contributed by atoms with E-state index < -0.39 is 0 Å². The van der Waals surface area contributed by atoms with Gasteiger partial charge in [-0.3, -0.25) is 0 Å². The first-order valence-electron chi connectivity index (χ1n) is 8.66. The number of ether oxygens (including phenoxy) is 1. The Morgan fingerprint density at radius 1 is 1.28 bits per heavy atom. The van der Waals surface area contributed by atoms with Crippen LogP contribution in [-0.4, -0.2) is 47.7 Å². The van der Waals surface area contributed by atoms with Crippen LogP contribution in [0.3, 0.4) is 0 Å². The Balaban J connectivity index is 1.76. The largest absolute Gasteiger partial charge is 0.432 e. The van der Waals surface area contributed by atoms with E-state index in [1.54, 1.807) is 6.33 Å². The molecule has 0 bridgehead atoms. The summed E-state index contributed by atoms with van der Waals surface area (Å²) in [6, 6.07) is 2.10. The van der Waals surface area contributed by atoms with Gasteiger partial charge in [-0.2, -0.15) is 0 Å². The summed E-state index contributed by atoms with van der Waals surface area (Å²) in [7, 11) is 4.24. The van der Waals surface area contributed by atoms with E-state index in [2.05, 4.69) is 49.3 Å². The van der Waals surface area contributed by atoms with Crippen molar-refractivity contribution in [3.05, 3.63) is 23.7 Å². The number of anilines is 1. The lowest BCUT2D eigenvalue weighted by Crippen LogP contribution is -3.06. The number of rotatable bonds is 4. The fraction of sp³-hybridized carbons (Fsp3) is 0.500. The van der Waals surface area contributed by atoms with Gasteiger partial charge in [-0.25, -0.2) is 15.0 Å². The van der Waals surface area contributed by atoms with Crippen LogP contribution in [0, 0.1) is 0 Å². The predicted molar refractivity (Wildman–Crippen MR) is 95.8 cm³/mol. The molecule has 4 heterocycles. The van der Waals surface area contributed by atoms with E-state index in [4.69, 9.17) is 14.1 Å². The molecule has 1 aliphatic heterocycles. The highest BCUT2D eigenvalue weighted by atomic mass is 16.5. The van der Waals surface area contributed by atoms with Gasteiger partial charge in [0.05, 0.1) is 50.5 Å². The number of likely N-dealkylation sites (N-methyl/N-ethyl adjacent to an activating group) is 1. The molecular weight excluding hydrogens is 318 g/mol. The SMILES string of the molecule is C[NH+](C)CCNc1ncnc2c1oc1nc3c(cc12)COC(C)(C)C3. The summed E-state index contributed by atoms with van der Waals surface area (Å²) in [5.41, 5.74) is 4.04. The van der Waals surface area contributed by atoms with Crippen molar-refractivity contribution in [3.8, 4) is 0 Å². The summed E-state index contributed by atoms with van der Waals surface area (Å²) in [4.78, 5) is 14.9. The van der Waals surface area contributed by atoms with Gasteiger partial charge in [-0.1, -0.05) is 0 Å². The smallest absolute Gasteiger partial charge is 0.229 e. The average Bonchev–Trinajstić information content (AvgIpc) is 2.90. The lowest BCUT2D eigenvalue weighted by atomic mass is 9.95. The van der Waals surface area contributed by atoms with Gasteiger partial charge in [0.1, 0.15) is 11.8 Å². The highest BCUT2D eigenvalue weighted by Gasteiger charge is 2.28. The maximum absolute atomic E-state index is 6.03. The maximum Gasteiger partial charge on any atom is 0.229 e. The number of furan rings is 1. The van der Waals surface area contributed by atoms with E-state index >= 15 is 0 Å². The Morgan fingerprint density at radius 3 is 2.92 bits per heavy atom. The van der Waals surface area contributed by atoms with Gasteiger partial charge in [0, 0.05) is 12.0 Å². The molecule has 4 rings (SSSR count). The van der Waals surface area contributed by atoms with Crippen molar-refractivity contribution >= 4 is 28.0 Å². The van der Waals surface area contributed by atoms with E-state index in [0.29, 0.717) is 17.9 Å². The van der Waals surface area contributed by atoms with Crippen molar-refractivity contribution in [2.45, 2.75) is 32.5 Å². The van der Waals surface area contributed by atoms with Crippen molar-refractivity contribution in [1.29, 1.82) is 0 Å². The molecule has 1 aliphatic rings. The monoisotopic (exact) mass is 342 g/mol. The van der Waals surface area contributed by atoms with Gasteiger partial charge >= 0.3 is 0 Å². The van der Waals surface area contributed by atoms with E-state index in [0.717, 1.165) is 47.5 Å². The Kier molecular flexibility index (Phi) is 3.85. The highest BCUT2D eigenvalue weighted by molar-refractivity contribution is 6.04. The van der Waals surface area contributed by atoms with Crippen LogP contribution in [0.5, 0.6) is 0 Å². The molecule has 0 amide bonds. The van der Waals surface area contributed by atoms with Crippen molar-refractivity contribution in [2.24, 2.45) is 0 Å². The van der Waals surface area contributed by atoms with Crippen LogP contribution in [0.25, 0.3) is 22.2 Å². The second kappa shape index (κ2) is 5.93. The van der Waals surface area contributed by atoms with Crippen LogP contribution in [-0.2, 0) is 17.8 Å². The van der Waals surface area contributed by atoms with E-state index in [1.807, 2.05) is 0 Å². The van der Waals surface area contributed by atoms with Crippen molar-refractivity contribution in [3.63, 3.8) is 0 Å². The average molecular weight is 342 g/mol. The topological polar surface area (TPSA) is 77.5 Å². The Labute approximate surface area is 146 Å². The number of hydrogen-bond acceptors (Lipinski definition) is 6. The molecule has 2 N–H and O–H groups in total. The number of nitrogens with zero attached hydrogens (tertiary/aromatic N) is 3. The summed E-state index contributed by atoms with van der Waals surface area (Å²) in [6.45, 7) is 6.54. The quantitative estimate of drug-likeness (QED) is 0.741. The molecule has 7 heteroatoms. The molecule has 0 saturated carbocycles. The van der Waals surface area contributed by atoms with Gasteiger partial charge in [-0.05, 0) is 19.9 Å². The van der Waals surface area contributed by atoms with E-state index in [9.17, 15) is 0 Å². The fourth-order valence-corrected chi connectivity index (χ4v) is 3.14. The van der Waals surface area contributed by atoms with Crippen LogP contribution in [0.15, 0.2) is 16.8 Å². The number of hydrogen-bond donors (Lipinski definition) is 2. The Morgan fingerprint density at radius 2 is 2.12 bits per heavy atom. The third-order valence-electron chi connectivity index (χ3n) is 4.54. The molecule has 0 aromatic carbocycles. The van der Waals surface area contributed by atoms with E-state index in [-0.39, 0.29) is 5.60 Å². The second-order valence-electron chi connectivity index (χ2n) is 7.56. The molecule has 0 aliphatic carbocycles. The minimum atomic E-state index is -0.194. The molecule has 0 spiro atoms. The zero-order valence-corrected chi connectivity index (χ0v) is 15.1. The van der Waals surface area contributed by atoms with Gasteiger partial charge in [0.2, 0.25) is 5.71 Å². The lowest BCUT2D eigenvalue weighted by Gasteiger charge is -2.30. The first kappa shape index (κ1) is 16.2. The minimum Gasteiger partial charge on any atom is -0.432 e. The van der Waals surface area contributed by atoms with Crippen molar-refractivity contribution < 1.29 is 14.1 Å². The summed E-state index contributed by atoms with van der Waals surface area (Å²) < 4.78 is 11.9. The second-order valence-corrected chi connectivity index (χ2v) is 7.56. The van der Waals surface area contributed by atoms with Gasteiger partial charge in [0.15, 0.2) is 11.4 Å². The number of fused-ring (bicyclic) bond motifs is 4. The zero-order chi connectivity index (χ0) is 17.6. The number of nitrogens with one attached hydrogen (secondary N) is 2. The molecular formula is C18H24N5O2+. The van der Waals surface area contributed by atoms with Crippen molar-refractivity contribution in [2.75, 3.05) is 32.5 Å². The standard InChI is InChI=1S/C18H23N5O2/c1-18(2)8-13-11(9-24-18)7-12-14-15(25-17(12)22-13)16(21-10-20-14)19-5-6-23(3)4/h7,10H,5-6,8-9H2,1-4H3,(H,19,20,21)/p+1. The van der Waals surface area contributed by atoms with Gasteiger partial charge in [0.25, 0.3) is 0 Å². The summed E-state index contributed by atoms with van der Waals surface area (Å²) in [5.74, 6) is 0.721. The van der Waals surface area contributed by atoms with Crippen LogP contribution < -0.4 is 10.2 Å². The maximum atomic E-state index is 6.03. The summed E-state index contributed by atoms with van der Waals surface area (Å²) in [5, 5.41) is 4.26. The molecule has 3 aromatic heterocycles. The molecule has 0 saturated heterocycles. The van der Waals surface area contributed by atoms with Crippen LogP contribution in [0.1, 0.15) is 25.1 Å². The highest BCUT2D eigenvalue weighted by Crippen LogP contribution is 2.34. The number of quaternary nitrogens is 1. The van der Waals surface area contributed by atoms with Gasteiger partial charge < -0.3 is 19.4 Å². The first-order chi connectivity index (χ1) is 11.9. The van der Waals surface area contributed by atoms with Crippen molar-refractivity contribution in [1.82, 2.24) is 15.0 Å². The molecule has 0 unspecified atom stereocenters. The molecule has 0 fully saturated rings. The number of aromatic nitrogens is 3. The zero-order valence-electron chi connectivity index (χ0n) is 15.1. The van der Waals surface area contributed by atoms with Crippen LogP contribution >= 0.6 is 0 Å². The Bertz CT molecular complexity index is 932. The fourth-order valence-electron chi connectivity index (χ4n) is 3.14. The molecule has 3 aromatic rings. The number of pyridine rings is 1. The molecule has 0 radical (unpaired) electrons. The predicted octanol–water partition coefficient (Wildman–Crippen LogP) is 1.18.